The van der Waals surface area contributed by atoms with E-state index in [0.29, 0.717) is 18.7 Å². The monoisotopic (exact) mass is 293 g/mol. The van der Waals surface area contributed by atoms with Crippen LogP contribution in [-0.4, -0.2) is 49.2 Å². The van der Waals surface area contributed by atoms with Gasteiger partial charge in [-0.3, -0.25) is 9.69 Å². The second-order valence-corrected chi connectivity index (χ2v) is 5.73. The number of carbonyl (C=O) groups is 1. The van der Waals surface area contributed by atoms with E-state index < -0.39 is 12.8 Å². The number of rotatable bonds is 5. The van der Waals surface area contributed by atoms with Gasteiger partial charge in [0.15, 0.2) is 0 Å². The summed E-state index contributed by atoms with van der Waals surface area (Å²) in [6, 6.07) is 0.216. The van der Waals surface area contributed by atoms with Crippen LogP contribution in [0.3, 0.4) is 0 Å². The predicted octanol–water partition coefficient (Wildman–Crippen LogP) is 2.79. The zero-order valence-corrected chi connectivity index (χ0v) is 11.6. The third kappa shape index (κ3) is 4.45. The summed E-state index contributed by atoms with van der Waals surface area (Å²) in [5.41, 5.74) is 0. The molecule has 1 aliphatic carbocycles. The first-order valence-electron chi connectivity index (χ1n) is 7.38. The van der Waals surface area contributed by atoms with Crippen molar-refractivity contribution in [3.8, 4) is 0 Å². The van der Waals surface area contributed by atoms with E-state index in [9.17, 15) is 18.0 Å². The number of likely N-dealkylation sites (tertiary alicyclic amines) is 1. The summed E-state index contributed by atoms with van der Waals surface area (Å²) in [7, 11) is 0. The van der Waals surface area contributed by atoms with E-state index in [1.165, 1.54) is 0 Å². The third-order valence-electron chi connectivity index (χ3n) is 4.27. The second-order valence-electron chi connectivity index (χ2n) is 5.73. The molecule has 1 heterocycles. The first-order chi connectivity index (χ1) is 9.47. The Kier molecular flexibility index (Phi) is 5.43. The van der Waals surface area contributed by atoms with Crippen molar-refractivity contribution in [3.63, 3.8) is 0 Å². The molecule has 0 spiro atoms. The Morgan fingerprint density at radius 2 is 2.00 bits per heavy atom. The minimum absolute atomic E-state index is 0.0803. The van der Waals surface area contributed by atoms with Crippen LogP contribution in [0.15, 0.2) is 0 Å². The van der Waals surface area contributed by atoms with E-state index in [1.54, 1.807) is 0 Å². The summed E-state index contributed by atoms with van der Waals surface area (Å²) in [5.74, 6) is 0.427. The van der Waals surface area contributed by atoms with Crippen LogP contribution in [0.1, 0.15) is 38.5 Å². The van der Waals surface area contributed by atoms with Crippen molar-refractivity contribution < 1.29 is 22.7 Å². The van der Waals surface area contributed by atoms with Gasteiger partial charge in [0.2, 0.25) is 0 Å². The molecule has 6 heteroatoms. The SMILES string of the molecule is O=C1CCCC1C1CCCCN1CCOCC(F)(F)F. The van der Waals surface area contributed by atoms with Crippen molar-refractivity contribution in [2.45, 2.75) is 50.7 Å². The molecule has 0 radical (unpaired) electrons. The fourth-order valence-corrected chi connectivity index (χ4v) is 3.37. The van der Waals surface area contributed by atoms with E-state index in [1.807, 2.05) is 0 Å². The number of piperidine rings is 1. The van der Waals surface area contributed by atoms with Gasteiger partial charge >= 0.3 is 6.18 Å². The standard InChI is InChI=1S/C14H22F3NO2/c15-14(16,17)10-20-9-8-18-7-2-1-5-12(18)11-4-3-6-13(11)19/h11-12H,1-10H2. The molecule has 0 amide bonds. The van der Waals surface area contributed by atoms with E-state index in [0.717, 1.165) is 38.6 Å². The first-order valence-corrected chi connectivity index (χ1v) is 7.38. The normalized spacial score (nSPS) is 29.1. The second kappa shape index (κ2) is 6.89. The average Bonchev–Trinajstić information content (AvgIpc) is 2.80. The topological polar surface area (TPSA) is 29.5 Å². The fourth-order valence-electron chi connectivity index (χ4n) is 3.37. The van der Waals surface area contributed by atoms with Gasteiger partial charge in [0.05, 0.1) is 6.61 Å². The molecule has 0 aromatic rings. The predicted molar refractivity (Wildman–Crippen MR) is 68.4 cm³/mol. The minimum atomic E-state index is -4.26. The first kappa shape index (κ1) is 15.8. The Labute approximate surface area is 117 Å². The van der Waals surface area contributed by atoms with E-state index in [-0.39, 0.29) is 18.6 Å². The Morgan fingerprint density at radius 1 is 1.20 bits per heavy atom. The lowest BCUT2D eigenvalue weighted by Gasteiger charge is -2.38. The van der Waals surface area contributed by atoms with E-state index >= 15 is 0 Å². The molecule has 0 aromatic heterocycles. The molecule has 1 saturated carbocycles. The molecule has 2 unspecified atom stereocenters. The Balaban J connectivity index is 1.80. The summed E-state index contributed by atoms with van der Waals surface area (Å²) in [4.78, 5) is 14.0. The molecule has 1 saturated heterocycles. The molecule has 20 heavy (non-hydrogen) atoms. The largest absolute Gasteiger partial charge is 0.411 e. The maximum absolute atomic E-state index is 12.0. The van der Waals surface area contributed by atoms with Crippen LogP contribution in [0.4, 0.5) is 13.2 Å². The van der Waals surface area contributed by atoms with Crippen LogP contribution in [0, 0.1) is 5.92 Å². The molecule has 116 valence electrons. The number of hydrogen-bond acceptors (Lipinski definition) is 3. The Bertz CT molecular complexity index is 333. The number of carbonyl (C=O) groups excluding carboxylic acids is 1. The molecule has 0 bridgehead atoms. The lowest BCUT2D eigenvalue weighted by atomic mass is 9.88. The van der Waals surface area contributed by atoms with Crippen LogP contribution in [0.5, 0.6) is 0 Å². The van der Waals surface area contributed by atoms with Crippen molar-refractivity contribution >= 4 is 5.78 Å². The molecule has 2 rings (SSSR count). The van der Waals surface area contributed by atoms with Gasteiger partial charge in [-0.2, -0.15) is 13.2 Å². The van der Waals surface area contributed by atoms with Crippen LogP contribution >= 0.6 is 0 Å². The fraction of sp³-hybridized carbons (Fsp3) is 0.929. The number of hydrogen-bond donors (Lipinski definition) is 0. The van der Waals surface area contributed by atoms with Crippen molar-refractivity contribution in [1.82, 2.24) is 4.90 Å². The van der Waals surface area contributed by atoms with Crippen molar-refractivity contribution in [3.05, 3.63) is 0 Å². The summed E-state index contributed by atoms with van der Waals surface area (Å²) in [6.07, 6.45) is 1.44. The Hall–Kier alpha value is -0.620. The van der Waals surface area contributed by atoms with Gasteiger partial charge in [-0.1, -0.05) is 6.42 Å². The van der Waals surface area contributed by atoms with Crippen molar-refractivity contribution in [2.24, 2.45) is 5.92 Å². The molecule has 2 fully saturated rings. The number of alkyl halides is 3. The number of ketones is 1. The summed E-state index contributed by atoms with van der Waals surface area (Å²) >= 11 is 0. The summed E-state index contributed by atoms with van der Waals surface area (Å²) in [6.45, 7) is 0.249. The molecule has 0 N–H and O–H groups in total. The highest BCUT2D eigenvalue weighted by Crippen LogP contribution is 2.32. The molecule has 2 aliphatic rings. The quantitative estimate of drug-likeness (QED) is 0.730. The molecular weight excluding hydrogens is 271 g/mol. The Morgan fingerprint density at radius 3 is 2.65 bits per heavy atom. The zero-order chi connectivity index (χ0) is 14.6. The maximum Gasteiger partial charge on any atom is 0.411 e. The maximum atomic E-state index is 12.0. The summed E-state index contributed by atoms with van der Waals surface area (Å²) < 4.78 is 40.7. The van der Waals surface area contributed by atoms with Gasteiger partial charge in [0, 0.05) is 24.9 Å². The highest BCUT2D eigenvalue weighted by molar-refractivity contribution is 5.83. The average molecular weight is 293 g/mol. The van der Waals surface area contributed by atoms with Gasteiger partial charge in [0.25, 0.3) is 0 Å². The van der Waals surface area contributed by atoms with Gasteiger partial charge < -0.3 is 4.74 Å². The van der Waals surface area contributed by atoms with E-state index in [2.05, 4.69) is 9.64 Å². The number of ether oxygens (including phenoxy) is 1. The molecular formula is C14H22F3NO2. The lowest BCUT2D eigenvalue weighted by Crippen LogP contribution is -2.46. The van der Waals surface area contributed by atoms with Crippen molar-refractivity contribution in [2.75, 3.05) is 26.3 Å². The van der Waals surface area contributed by atoms with Gasteiger partial charge in [0.1, 0.15) is 12.4 Å². The number of nitrogens with zero attached hydrogens (tertiary/aromatic N) is 1. The van der Waals surface area contributed by atoms with Crippen LogP contribution in [0.25, 0.3) is 0 Å². The highest BCUT2D eigenvalue weighted by atomic mass is 19.4. The van der Waals surface area contributed by atoms with Gasteiger partial charge in [-0.25, -0.2) is 0 Å². The molecule has 2 atom stereocenters. The minimum Gasteiger partial charge on any atom is -0.371 e. The van der Waals surface area contributed by atoms with Crippen LogP contribution in [0.2, 0.25) is 0 Å². The summed E-state index contributed by atoms with van der Waals surface area (Å²) in [5, 5.41) is 0. The smallest absolute Gasteiger partial charge is 0.371 e. The third-order valence-corrected chi connectivity index (χ3v) is 4.27. The number of Topliss-reactive ketones (excluding diaryl/α,β-unsaturated/α-hetero) is 1. The van der Waals surface area contributed by atoms with Crippen LogP contribution in [-0.2, 0) is 9.53 Å². The highest BCUT2D eigenvalue weighted by Gasteiger charge is 2.36. The lowest BCUT2D eigenvalue weighted by molar-refractivity contribution is -0.175. The molecule has 1 aliphatic heterocycles. The van der Waals surface area contributed by atoms with Crippen LogP contribution < -0.4 is 0 Å². The molecule has 3 nitrogen and oxygen atoms in total. The van der Waals surface area contributed by atoms with Gasteiger partial charge in [-0.05, 0) is 32.2 Å². The number of halogens is 3. The molecule has 0 aromatic carbocycles. The van der Waals surface area contributed by atoms with Gasteiger partial charge in [-0.15, -0.1) is 0 Å². The van der Waals surface area contributed by atoms with Crippen molar-refractivity contribution in [1.29, 1.82) is 0 Å². The van der Waals surface area contributed by atoms with E-state index in [4.69, 9.17) is 0 Å². The zero-order valence-electron chi connectivity index (χ0n) is 11.6.